The highest BCUT2D eigenvalue weighted by Gasteiger charge is 2.74. The van der Waals surface area contributed by atoms with Gasteiger partial charge in [0, 0.05) is 39.0 Å². The highest BCUT2D eigenvalue weighted by Crippen LogP contribution is 2.78. The summed E-state index contributed by atoms with van der Waals surface area (Å²) < 4.78 is 17.4. The molecule has 2 bridgehead atoms. The summed E-state index contributed by atoms with van der Waals surface area (Å²) in [5.41, 5.74) is -0.915. The molecule has 4 aromatic rings. The van der Waals surface area contributed by atoms with Gasteiger partial charge in [-0.2, -0.15) is 0 Å². The normalized spacial score (nSPS) is 33.4. The van der Waals surface area contributed by atoms with Gasteiger partial charge in [-0.25, -0.2) is 4.79 Å². The van der Waals surface area contributed by atoms with Crippen molar-refractivity contribution in [2.75, 3.05) is 20.8 Å². The Morgan fingerprint density at radius 1 is 0.772 bits per heavy atom. The number of methoxy groups -OCH3 is 2. The van der Waals surface area contributed by atoms with Crippen molar-refractivity contribution in [1.29, 1.82) is 0 Å². The second-order valence-corrected chi connectivity index (χ2v) is 17.9. The predicted molar refractivity (Wildman–Crippen MR) is 219 cm³/mol. The molecule has 2 N–H and O–H groups in total. The summed E-state index contributed by atoms with van der Waals surface area (Å²) in [6.07, 6.45) is 10.8. The van der Waals surface area contributed by atoms with Gasteiger partial charge in [-0.3, -0.25) is 4.79 Å². The second kappa shape index (κ2) is 13.6. The molecule has 57 heavy (non-hydrogen) atoms. The Morgan fingerprint density at radius 2 is 1.47 bits per heavy atom. The minimum atomic E-state index is -1.30. The third-order valence-corrected chi connectivity index (χ3v) is 15.5. The Balaban J connectivity index is 1.10. The standard InChI is InChI=1S/C49H53NO7/c1-45-21-18-36(51)28-47(45)24-25-49(39(29-47)43(52)33-11-6-5-7-12-33)41(45)19-22-46(2)42(49)20-23-48(46,54)31-50(30-35-15-16-37(55-3)27-40(35)56-4)44(53)57-38-17-14-32-10-8-9-13-34(32)26-38/h5-17,24-27,29,36,41-42,51,54H,18-23,28,30-31H2,1-4H3. The number of hydrogen-bond donors (Lipinski definition) is 2. The molecular weight excluding hydrogens is 715 g/mol. The number of nitrogens with zero attached hydrogens (tertiary/aromatic N) is 1. The van der Waals surface area contributed by atoms with Crippen LogP contribution in [0.4, 0.5) is 4.79 Å². The van der Waals surface area contributed by atoms with E-state index in [1.165, 1.54) is 0 Å². The van der Waals surface area contributed by atoms with Crippen molar-refractivity contribution < 1.29 is 34.0 Å². The van der Waals surface area contributed by atoms with Crippen LogP contribution < -0.4 is 14.2 Å². The summed E-state index contributed by atoms with van der Waals surface area (Å²) >= 11 is 0. The zero-order chi connectivity index (χ0) is 39.8. The Bertz CT molecular complexity index is 2300. The van der Waals surface area contributed by atoms with Gasteiger partial charge in [0.1, 0.15) is 17.2 Å². The van der Waals surface area contributed by atoms with Crippen molar-refractivity contribution >= 4 is 22.6 Å². The van der Waals surface area contributed by atoms with Crippen molar-refractivity contribution in [2.24, 2.45) is 33.5 Å². The van der Waals surface area contributed by atoms with Gasteiger partial charge < -0.3 is 29.3 Å². The molecule has 3 fully saturated rings. The van der Waals surface area contributed by atoms with E-state index >= 15 is 0 Å². The maximum atomic E-state index is 14.9. The average Bonchev–Trinajstić information content (AvgIpc) is 3.50. The van der Waals surface area contributed by atoms with Crippen LogP contribution in [0.5, 0.6) is 17.2 Å². The first-order valence-corrected chi connectivity index (χ1v) is 20.5. The Labute approximate surface area is 335 Å². The zero-order valence-electron chi connectivity index (χ0n) is 33.4. The first-order chi connectivity index (χ1) is 27.4. The number of aliphatic hydroxyl groups is 2. The molecule has 0 aliphatic heterocycles. The lowest BCUT2D eigenvalue weighted by Gasteiger charge is -2.71. The van der Waals surface area contributed by atoms with Gasteiger partial charge in [-0.1, -0.05) is 92.7 Å². The molecule has 296 valence electrons. The van der Waals surface area contributed by atoms with Crippen molar-refractivity contribution in [2.45, 2.75) is 77.0 Å². The molecule has 2 spiro atoms. The van der Waals surface area contributed by atoms with Gasteiger partial charge in [0.15, 0.2) is 5.78 Å². The largest absolute Gasteiger partial charge is 0.497 e. The molecular formula is C49H53NO7. The van der Waals surface area contributed by atoms with E-state index in [4.69, 9.17) is 14.2 Å². The molecule has 4 aromatic carbocycles. The summed E-state index contributed by atoms with van der Waals surface area (Å²) in [4.78, 5) is 31.0. The minimum Gasteiger partial charge on any atom is -0.497 e. The smallest absolute Gasteiger partial charge is 0.415 e. The first kappa shape index (κ1) is 37.6. The van der Waals surface area contributed by atoms with Crippen molar-refractivity contribution in [3.05, 3.63) is 126 Å². The van der Waals surface area contributed by atoms with Gasteiger partial charge in [-0.05, 0) is 97.2 Å². The van der Waals surface area contributed by atoms with Gasteiger partial charge in [0.05, 0.1) is 39.0 Å². The van der Waals surface area contributed by atoms with E-state index in [1.807, 2.05) is 78.9 Å². The van der Waals surface area contributed by atoms with Gasteiger partial charge >= 0.3 is 6.09 Å². The molecule has 3 saturated carbocycles. The van der Waals surface area contributed by atoms with Gasteiger partial charge in [-0.15, -0.1) is 0 Å². The van der Waals surface area contributed by atoms with E-state index < -0.39 is 34.0 Å². The average molecular weight is 768 g/mol. The lowest BCUT2D eigenvalue weighted by atomic mass is 9.32. The third-order valence-electron chi connectivity index (χ3n) is 15.5. The van der Waals surface area contributed by atoms with Crippen LogP contribution in [0.1, 0.15) is 74.7 Å². The molecule has 0 saturated heterocycles. The molecule has 8 unspecified atom stereocenters. The fourth-order valence-corrected chi connectivity index (χ4v) is 12.4. The summed E-state index contributed by atoms with van der Waals surface area (Å²) in [6.45, 7) is 4.75. The number of rotatable bonds is 9. The number of Topliss-reactive ketones (excluding diaryl/α,β-unsaturated/α-hetero) is 1. The monoisotopic (exact) mass is 767 g/mol. The molecule has 6 aliphatic carbocycles. The minimum absolute atomic E-state index is 0.0262. The molecule has 0 radical (unpaired) electrons. The number of carbonyl (C=O) groups excluding carboxylic acids is 2. The predicted octanol–water partition coefficient (Wildman–Crippen LogP) is 9.33. The molecule has 0 aromatic heterocycles. The molecule has 0 heterocycles. The maximum Gasteiger partial charge on any atom is 0.415 e. The molecule has 10 rings (SSSR count). The van der Waals surface area contributed by atoms with Crippen LogP contribution in [-0.4, -0.2) is 59.5 Å². The topological polar surface area (TPSA) is 106 Å². The number of fused-ring (bicyclic) bond motifs is 2. The van der Waals surface area contributed by atoms with Crippen LogP contribution in [-0.2, 0) is 6.54 Å². The Kier molecular flexibility index (Phi) is 8.98. The number of hydrogen-bond acceptors (Lipinski definition) is 7. The van der Waals surface area contributed by atoms with Crippen LogP contribution in [0, 0.1) is 33.5 Å². The number of ketones is 1. The molecule has 6 aliphatic rings. The van der Waals surface area contributed by atoms with Crippen LogP contribution in [0.3, 0.4) is 0 Å². The number of ether oxygens (including phenoxy) is 3. The number of benzene rings is 4. The fourth-order valence-electron chi connectivity index (χ4n) is 12.4. The van der Waals surface area contributed by atoms with Gasteiger partial charge in [0.2, 0.25) is 0 Å². The summed E-state index contributed by atoms with van der Waals surface area (Å²) in [7, 11) is 3.19. The van der Waals surface area contributed by atoms with Gasteiger partial charge in [0.25, 0.3) is 0 Å². The number of aliphatic hydroxyl groups excluding tert-OH is 1. The number of amides is 1. The van der Waals surface area contributed by atoms with E-state index in [-0.39, 0.29) is 36.1 Å². The van der Waals surface area contributed by atoms with E-state index in [0.29, 0.717) is 42.1 Å². The zero-order valence-corrected chi connectivity index (χ0v) is 33.4. The molecule has 8 atom stereocenters. The van der Waals surface area contributed by atoms with Crippen LogP contribution >= 0.6 is 0 Å². The van der Waals surface area contributed by atoms with Crippen molar-refractivity contribution in [3.63, 3.8) is 0 Å². The molecule has 1 amide bonds. The van der Waals surface area contributed by atoms with Crippen LogP contribution in [0.2, 0.25) is 0 Å². The number of allylic oxidation sites excluding steroid dienone is 4. The quantitative estimate of drug-likeness (QED) is 0.129. The van der Waals surface area contributed by atoms with Crippen LogP contribution in [0.15, 0.2) is 115 Å². The lowest BCUT2D eigenvalue weighted by molar-refractivity contribution is -0.175. The summed E-state index contributed by atoms with van der Waals surface area (Å²) in [6, 6.07) is 28.6. The molecule has 8 nitrogen and oxygen atoms in total. The van der Waals surface area contributed by atoms with E-state index in [9.17, 15) is 19.8 Å². The lowest BCUT2D eigenvalue weighted by Crippen LogP contribution is -2.67. The Morgan fingerprint density at radius 3 is 2.25 bits per heavy atom. The first-order valence-electron chi connectivity index (χ1n) is 20.5. The van der Waals surface area contributed by atoms with E-state index in [2.05, 4.69) is 32.1 Å². The summed E-state index contributed by atoms with van der Waals surface area (Å²) in [5.74, 6) is 1.74. The third kappa shape index (κ3) is 5.61. The number of carbonyl (C=O) groups is 2. The van der Waals surface area contributed by atoms with Crippen LogP contribution in [0.25, 0.3) is 10.8 Å². The van der Waals surface area contributed by atoms with E-state index in [1.54, 1.807) is 31.3 Å². The van der Waals surface area contributed by atoms with E-state index in [0.717, 1.165) is 47.6 Å². The SMILES string of the molecule is COc1ccc(CN(CC2(O)CCC3C45C=CC6(C=C4C(=O)c4ccccc4)CC(O)CCC6(C)C5CCC32C)C(=O)Oc2ccc3ccccc3c2)c(OC)c1. The summed E-state index contributed by atoms with van der Waals surface area (Å²) in [5, 5.41) is 26.3. The second-order valence-electron chi connectivity index (χ2n) is 17.9. The molecule has 8 heteroatoms. The van der Waals surface area contributed by atoms with Crippen molar-refractivity contribution in [3.8, 4) is 17.2 Å². The maximum absolute atomic E-state index is 14.9. The highest BCUT2D eigenvalue weighted by molar-refractivity contribution is 6.10. The Hall–Kier alpha value is -4.92. The highest BCUT2D eigenvalue weighted by atomic mass is 16.6. The van der Waals surface area contributed by atoms with Crippen molar-refractivity contribution in [1.82, 2.24) is 4.90 Å². The fraction of sp³-hybridized carbons (Fsp3) is 0.429.